The number of carbonyl (C=O) groups excluding carboxylic acids is 1. The average Bonchev–Trinajstić information content (AvgIpc) is 2.72. The van der Waals surface area contributed by atoms with E-state index >= 15 is 0 Å². The smallest absolute Gasteiger partial charge is 0.264 e. The Morgan fingerprint density at radius 3 is 2.62 bits per heavy atom. The Balaban J connectivity index is 2.29. The highest BCUT2D eigenvalue weighted by Gasteiger charge is 2.26. The summed E-state index contributed by atoms with van der Waals surface area (Å²) in [6, 6.07) is 1.94. The number of hydrogen-bond acceptors (Lipinski definition) is 3. The maximum Gasteiger partial charge on any atom is 0.264 e. The average molecular weight is 399 g/mol. The molecule has 1 aliphatic carbocycles. The molecule has 0 spiro atoms. The van der Waals surface area contributed by atoms with Gasteiger partial charge in [-0.15, -0.1) is 0 Å². The van der Waals surface area contributed by atoms with Crippen molar-refractivity contribution in [3.05, 3.63) is 28.0 Å². The largest absolute Gasteiger partial charge is 0.349 e. The first-order valence-electron chi connectivity index (χ1n) is 6.43. The number of amides is 1. The summed E-state index contributed by atoms with van der Waals surface area (Å²) in [4.78, 5) is 11.5. The van der Waals surface area contributed by atoms with Crippen molar-refractivity contribution >= 4 is 41.6 Å². The van der Waals surface area contributed by atoms with Crippen molar-refractivity contribution in [3.8, 4) is 0 Å². The summed E-state index contributed by atoms with van der Waals surface area (Å²) in [5.41, 5.74) is 0.0511. The summed E-state index contributed by atoms with van der Waals surface area (Å²) >= 11 is 3.07. The van der Waals surface area contributed by atoms with Crippen molar-refractivity contribution in [1.82, 2.24) is 5.32 Å². The van der Waals surface area contributed by atoms with Gasteiger partial charge < -0.3 is 5.32 Å². The molecule has 8 heteroatoms. The standard InChI is InChI=1S/C13H14BrClFNO3S/c1-7-2-3-8(4-7)17-13(18)9-5-12(21(15,19)20)11(16)6-10(9)14/h5-8H,2-4H2,1H3,(H,17,18). The van der Waals surface area contributed by atoms with Crippen molar-refractivity contribution in [2.45, 2.75) is 37.1 Å². The van der Waals surface area contributed by atoms with Crippen LogP contribution in [0.2, 0.25) is 0 Å². The fourth-order valence-corrected chi connectivity index (χ4v) is 3.89. The van der Waals surface area contributed by atoms with Gasteiger partial charge in [0.15, 0.2) is 0 Å². The van der Waals surface area contributed by atoms with Gasteiger partial charge in [0.2, 0.25) is 0 Å². The zero-order chi connectivity index (χ0) is 15.8. The first kappa shape index (κ1) is 16.7. The van der Waals surface area contributed by atoms with E-state index in [1.165, 1.54) is 0 Å². The molecule has 1 fully saturated rings. The molecule has 1 N–H and O–H groups in total. The molecule has 2 rings (SSSR count). The molecule has 1 aromatic carbocycles. The van der Waals surface area contributed by atoms with Crippen molar-refractivity contribution in [3.63, 3.8) is 0 Å². The van der Waals surface area contributed by atoms with Crippen LogP contribution in [0.25, 0.3) is 0 Å². The summed E-state index contributed by atoms with van der Waals surface area (Å²) in [6.07, 6.45) is 2.80. The maximum absolute atomic E-state index is 13.6. The van der Waals surface area contributed by atoms with Crippen molar-refractivity contribution < 1.29 is 17.6 Å². The Morgan fingerprint density at radius 2 is 2.10 bits per heavy atom. The van der Waals surface area contributed by atoms with Gasteiger partial charge in [-0.3, -0.25) is 4.79 Å². The van der Waals surface area contributed by atoms with Gasteiger partial charge in [0, 0.05) is 21.2 Å². The van der Waals surface area contributed by atoms with E-state index in [4.69, 9.17) is 10.7 Å². The van der Waals surface area contributed by atoms with E-state index in [0.717, 1.165) is 31.4 Å². The zero-order valence-electron chi connectivity index (χ0n) is 11.2. The number of nitrogens with one attached hydrogen (secondary N) is 1. The van der Waals surface area contributed by atoms with Gasteiger partial charge in [0.1, 0.15) is 10.7 Å². The first-order valence-corrected chi connectivity index (χ1v) is 9.53. The van der Waals surface area contributed by atoms with E-state index in [9.17, 15) is 17.6 Å². The highest BCUT2D eigenvalue weighted by molar-refractivity contribution is 9.10. The Hall–Kier alpha value is -0.660. The Morgan fingerprint density at radius 1 is 1.43 bits per heavy atom. The van der Waals surface area contributed by atoms with Gasteiger partial charge in [0.05, 0.1) is 5.56 Å². The molecule has 0 saturated heterocycles. The summed E-state index contributed by atoms with van der Waals surface area (Å²) in [5, 5.41) is 2.84. The Kier molecular flexibility index (Phi) is 4.95. The topological polar surface area (TPSA) is 63.2 Å². The molecule has 116 valence electrons. The van der Waals surface area contributed by atoms with Crippen LogP contribution in [0.3, 0.4) is 0 Å². The zero-order valence-corrected chi connectivity index (χ0v) is 14.4. The van der Waals surface area contributed by atoms with Crippen LogP contribution in [0.4, 0.5) is 4.39 Å². The third-order valence-corrected chi connectivity index (χ3v) is 5.55. The van der Waals surface area contributed by atoms with Crippen LogP contribution in [0.1, 0.15) is 36.5 Å². The molecule has 0 heterocycles. The van der Waals surface area contributed by atoms with Crippen LogP contribution >= 0.6 is 26.6 Å². The molecule has 0 radical (unpaired) electrons. The molecule has 1 aliphatic rings. The number of rotatable bonds is 3. The van der Waals surface area contributed by atoms with Gasteiger partial charge in [0.25, 0.3) is 15.0 Å². The van der Waals surface area contributed by atoms with Gasteiger partial charge in [-0.2, -0.15) is 0 Å². The summed E-state index contributed by atoms with van der Waals surface area (Å²) in [5.74, 6) is -0.892. The van der Waals surface area contributed by atoms with Crippen LogP contribution in [0, 0.1) is 11.7 Å². The lowest BCUT2D eigenvalue weighted by molar-refractivity contribution is 0.0936. The lowest BCUT2D eigenvalue weighted by Gasteiger charge is -2.14. The van der Waals surface area contributed by atoms with Crippen molar-refractivity contribution in [2.24, 2.45) is 5.92 Å². The van der Waals surface area contributed by atoms with Gasteiger partial charge in [-0.05, 0) is 53.2 Å². The van der Waals surface area contributed by atoms with E-state index in [1.54, 1.807) is 0 Å². The minimum Gasteiger partial charge on any atom is -0.349 e. The second kappa shape index (κ2) is 6.22. The summed E-state index contributed by atoms with van der Waals surface area (Å²) in [7, 11) is 0.922. The molecule has 1 amide bonds. The minimum absolute atomic E-state index is 0.0511. The minimum atomic E-state index is -4.25. The SMILES string of the molecule is CC1CCC(NC(=O)c2cc(S(=O)(=O)Cl)c(F)cc2Br)C1. The van der Waals surface area contributed by atoms with Crippen LogP contribution in [-0.4, -0.2) is 20.4 Å². The fraction of sp³-hybridized carbons (Fsp3) is 0.462. The molecule has 0 aromatic heterocycles. The Bertz CT molecular complexity index is 680. The summed E-state index contributed by atoms with van der Waals surface area (Å²) < 4.78 is 36.4. The predicted molar refractivity (Wildman–Crippen MR) is 81.4 cm³/mol. The number of halogens is 3. The lowest BCUT2D eigenvalue weighted by atomic mass is 10.1. The predicted octanol–water partition coefficient (Wildman–Crippen LogP) is 3.43. The van der Waals surface area contributed by atoms with Crippen LogP contribution in [0.5, 0.6) is 0 Å². The van der Waals surface area contributed by atoms with Crippen molar-refractivity contribution in [2.75, 3.05) is 0 Å². The normalized spacial score (nSPS) is 22.3. The lowest BCUT2D eigenvalue weighted by Crippen LogP contribution is -2.33. The van der Waals surface area contributed by atoms with E-state index in [2.05, 4.69) is 28.2 Å². The van der Waals surface area contributed by atoms with Gasteiger partial charge in [-0.25, -0.2) is 12.8 Å². The second-order valence-electron chi connectivity index (χ2n) is 5.29. The van der Waals surface area contributed by atoms with E-state index in [-0.39, 0.29) is 16.1 Å². The van der Waals surface area contributed by atoms with Crippen LogP contribution < -0.4 is 5.32 Å². The van der Waals surface area contributed by atoms with Crippen LogP contribution in [0.15, 0.2) is 21.5 Å². The van der Waals surface area contributed by atoms with Crippen LogP contribution in [-0.2, 0) is 9.05 Å². The molecule has 1 aromatic rings. The molecule has 2 atom stereocenters. The molecule has 2 unspecified atom stereocenters. The molecule has 21 heavy (non-hydrogen) atoms. The first-order chi connectivity index (χ1) is 9.68. The third-order valence-electron chi connectivity index (χ3n) is 3.56. The van der Waals surface area contributed by atoms with E-state index < -0.39 is 25.7 Å². The Labute approximate surface area is 135 Å². The summed E-state index contributed by atoms with van der Waals surface area (Å²) in [6.45, 7) is 2.11. The molecular weight excluding hydrogens is 385 g/mol. The number of carbonyl (C=O) groups is 1. The van der Waals surface area contributed by atoms with Gasteiger partial charge in [-0.1, -0.05) is 6.92 Å². The monoisotopic (exact) mass is 397 g/mol. The quantitative estimate of drug-likeness (QED) is 0.793. The number of benzene rings is 1. The number of hydrogen-bond donors (Lipinski definition) is 1. The van der Waals surface area contributed by atoms with Gasteiger partial charge >= 0.3 is 0 Å². The molecule has 4 nitrogen and oxygen atoms in total. The maximum atomic E-state index is 13.6. The molecule has 0 bridgehead atoms. The molecule has 0 aliphatic heterocycles. The molecule has 1 saturated carbocycles. The highest BCUT2D eigenvalue weighted by atomic mass is 79.9. The van der Waals surface area contributed by atoms with Crippen molar-refractivity contribution in [1.29, 1.82) is 0 Å². The fourth-order valence-electron chi connectivity index (χ4n) is 2.49. The van der Waals surface area contributed by atoms with E-state index in [0.29, 0.717) is 5.92 Å². The second-order valence-corrected chi connectivity index (χ2v) is 8.68. The third kappa shape index (κ3) is 3.96. The van der Waals surface area contributed by atoms with E-state index in [1.807, 2.05) is 0 Å². The highest BCUT2D eigenvalue weighted by Crippen LogP contribution is 2.28. The molecular formula is C13H14BrClFNO3S.